The third-order valence-electron chi connectivity index (χ3n) is 2.79. The molecule has 2 aliphatic rings. The van der Waals surface area contributed by atoms with Gasteiger partial charge in [0, 0.05) is 5.92 Å². The lowest BCUT2D eigenvalue weighted by atomic mass is 9.68. The van der Waals surface area contributed by atoms with Gasteiger partial charge < -0.3 is 4.79 Å². The van der Waals surface area contributed by atoms with Gasteiger partial charge in [-0.1, -0.05) is 12.2 Å². The molecule has 1 fully saturated rings. The van der Waals surface area contributed by atoms with E-state index in [2.05, 4.69) is 12.2 Å². The number of rotatable bonds is 1. The van der Waals surface area contributed by atoms with Gasteiger partial charge in [0.15, 0.2) is 0 Å². The molecule has 0 aromatic rings. The highest BCUT2D eigenvalue weighted by Gasteiger charge is 2.31. The molecule has 2 aliphatic carbocycles. The molecule has 0 N–H and O–H groups in total. The van der Waals surface area contributed by atoms with Crippen molar-refractivity contribution in [2.24, 2.45) is 17.8 Å². The van der Waals surface area contributed by atoms with E-state index in [1.54, 1.807) is 0 Å². The number of allylic oxidation sites excluding steroid dienone is 2. The van der Waals surface area contributed by atoms with Crippen LogP contribution in [0.5, 0.6) is 0 Å². The Labute approximate surface area is 61.1 Å². The van der Waals surface area contributed by atoms with Crippen molar-refractivity contribution in [1.29, 1.82) is 0 Å². The monoisotopic (exact) mass is 136 g/mol. The zero-order valence-electron chi connectivity index (χ0n) is 5.99. The van der Waals surface area contributed by atoms with E-state index in [4.69, 9.17) is 0 Å². The van der Waals surface area contributed by atoms with Gasteiger partial charge in [-0.25, -0.2) is 0 Å². The van der Waals surface area contributed by atoms with Crippen molar-refractivity contribution in [2.45, 2.75) is 19.3 Å². The lowest BCUT2D eigenvalue weighted by Crippen LogP contribution is -2.27. The predicted octanol–water partition coefficient (Wildman–Crippen LogP) is 1.79. The Kier molecular flexibility index (Phi) is 1.37. The Morgan fingerprint density at radius 1 is 1.20 bits per heavy atom. The quantitative estimate of drug-likeness (QED) is 0.396. The molecule has 0 aromatic carbocycles. The zero-order chi connectivity index (χ0) is 6.97. The molecule has 10 heavy (non-hydrogen) atoms. The lowest BCUT2D eigenvalue weighted by molar-refractivity contribution is -0.112. The van der Waals surface area contributed by atoms with Gasteiger partial charge in [-0.05, 0) is 31.1 Å². The second-order valence-electron chi connectivity index (χ2n) is 3.42. The summed E-state index contributed by atoms with van der Waals surface area (Å²) in [6.07, 6.45) is 9.14. The summed E-state index contributed by atoms with van der Waals surface area (Å²) >= 11 is 0. The van der Waals surface area contributed by atoms with E-state index in [1.165, 1.54) is 6.42 Å². The summed E-state index contributed by atoms with van der Waals surface area (Å²) in [7, 11) is 0. The van der Waals surface area contributed by atoms with Crippen molar-refractivity contribution in [3.63, 3.8) is 0 Å². The SMILES string of the molecule is O=CC1CCC2C=CC2C1. The first-order valence-electron chi connectivity index (χ1n) is 4.04. The zero-order valence-corrected chi connectivity index (χ0v) is 5.99. The molecule has 54 valence electrons. The highest BCUT2D eigenvalue weighted by Crippen LogP contribution is 2.40. The summed E-state index contributed by atoms with van der Waals surface area (Å²) in [5, 5.41) is 0. The molecule has 0 heterocycles. The molecule has 1 saturated carbocycles. The van der Waals surface area contributed by atoms with Gasteiger partial charge in [-0.2, -0.15) is 0 Å². The first-order chi connectivity index (χ1) is 4.90. The van der Waals surface area contributed by atoms with Crippen LogP contribution in [-0.4, -0.2) is 6.29 Å². The third kappa shape index (κ3) is 0.808. The standard InChI is InChI=1S/C9H12O/c10-6-7-1-2-8-3-4-9(8)5-7/h3-4,6-9H,1-2,5H2. The maximum absolute atomic E-state index is 10.4. The van der Waals surface area contributed by atoms with Gasteiger partial charge in [0.05, 0.1) is 0 Å². The number of carbonyl (C=O) groups excluding carboxylic acids is 1. The molecule has 0 amide bonds. The predicted molar refractivity (Wildman–Crippen MR) is 39.5 cm³/mol. The number of fused-ring (bicyclic) bond motifs is 1. The highest BCUT2D eigenvalue weighted by atomic mass is 16.1. The van der Waals surface area contributed by atoms with Gasteiger partial charge in [-0.15, -0.1) is 0 Å². The third-order valence-corrected chi connectivity index (χ3v) is 2.79. The normalized spacial score (nSPS) is 43.8. The molecule has 1 nitrogen and oxygen atoms in total. The summed E-state index contributed by atoms with van der Waals surface area (Å²) in [6, 6.07) is 0. The van der Waals surface area contributed by atoms with E-state index in [0.29, 0.717) is 5.92 Å². The first kappa shape index (κ1) is 6.14. The van der Waals surface area contributed by atoms with Gasteiger partial charge in [0.25, 0.3) is 0 Å². The number of carbonyl (C=O) groups is 1. The average molecular weight is 136 g/mol. The smallest absolute Gasteiger partial charge is 0.123 e. The Morgan fingerprint density at radius 3 is 2.50 bits per heavy atom. The van der Waals surface area contributed by atoms with Crippen molar-refractivity contribution in [3.05, 3.63) is 12.2 Å². The Balaban J connectivity index is 1.99. The molecular formula is C9H12O. The molecule has 2 rings (SSSR count). The van der Waals surface area contributed by atoms with E-state index in [1.807, 2.05) is 0 Å². The first-order valence-corrected chi connectivity index (χ1v) is 4.04. The molecule has 0 aromatic heterocycles. The summed E-state index contributed by atoms with van der Waals surface area (Å²) in [4.78, 5) is 10.4. The van der Waals surface area contributed by atoms with Crippen LogP contribution in [0.25, 0.3) is 0 Å². The van der Waals surface area contributed by atoms with Crippen LogP contribution in [0, 0.1) is 17.8 Å². The fourth-order valence-corrected chi connectivity index (χ4v) is 1.99. The van der Waals surface area contributed by atoms with Crippen molar-refractivity contribution in [3.8, 4) is 0 Å². The van der Waals surface area contributed by atoms with Crippen molar-refractivity contribution >= 4 is 6.29 Å². The van der Waals surface area contributed by atoms with E-state index >= 15 is 0 Å². The van der Waals surface area contributed by atoms with Crippen LogP contribution in [-0.2, 0) is 4.79 Å². The van der Waals surface area contributed by atoms with Crippen molar-refractivity contribution < 1.29 is 4.79 Å². The van der Waals surface area contributed by atoms with Gasteiger partial charge in [0.1, 0.15) is 6.29 Å². The van der Waals surface area contributed by atoms with Gasteiger partial charge in [-0.3, -0.25) is 0 Å². The molecular weight excluding hydrogens is 124 g/mol. The topological polar surface area (TPSA) is 17.1 Å². The van der Waals surface area contributed by atoms with Crippen LogP contribution in [0.3, 0.4) is 0 Å². The number of hydrogen-bond acceptors (Lipinski definition) is 1. The second-order valence-corrected chi connectivity index (χ2v) is 3.42. The molecule has 0 aliphatic heterocycles. The highest BCUT2D eigenvalue weighted by molar-refractivity contribution is 5.54. The fourth-order valence-electron chi connectivity index (χ4n) is 1.99. The minimum Gasteiger partial charge on any atom is -0.303 e. The molecule has 0 radical (unpaired) electrons. The Morgan fingerprint density at radius 2 is 2.00 bits per heavy atom. The van der Waals surface area contributed by atoms with Crippen LogP contribution in [0.15, 0.2) is 12.2 Å². The maximum Gasteiger partial charge on any atom is 0.123 e. The van der Waals surface area contributed by atoms with E-state index in [0.717, 1.165) is 31.0 Å². The molecule has 3 unspecified atom stereocenters. The summed E-state index contributed by atoms with van der Waals surface area (Å²) in [6.45, 7) is 0. The van der Waals surface area contributed by atoms with Crippen LogP contribution in [0.4, 0.5) is 0 Å². The Hall–Kier alpha value is -0.590. The largest absolute Gasteiger partial charge is 0.303 e. The molecule has 0 bridgehead atoms. The molecule has 1 heteroatoms. The van der Waals surface area contributed by atoms with Gasteiger partial charge >= 0.3 is 0 Å². The minimum absolute atomic E-state index is 0.367. The average Bonchev–Trinajstić information content (AvgIpc) is 1.92. The lowest BCUT2D eigenvalue weighted by Gasteiger charge is -2.36. The van der Waals surface area contributed by atoms with Crippen LogP contribution in [0.2, 0.25) is 0 Å². The van der Waals surface area contributed by atoms with Crippen LogP contribution < -0.4 is 0 Å². The minimum atomic E-state index is 0.367. The number of aldehydes is 1. The van der Waals surface area contributed by atoms with Crippen LogP contribution >= 0.6 is 0 Å². The second kappa shape index (κ2) is 2.22. The number of hydrogen-bond donors (Lipinski definition) is 0. The molecule has 0 saturated heterocycles. The maximum atomic E-state index is 10.4. The van der Waals surface area contributed by atoms with E-state index < -0.39 is 0 Å². The van der Waals surface area contributed by atoms with Crippen LogP contribution in [0.1, 0.15) is 19.3 Å². The van der Waals surface area contributed by atoms with E-state index in [-0.39, 0.29) is 0 Å². The van der Waals surface area contributed by atoms with Gasteiger partial charge in [0.2, 0.25) is 0 Å². The molecule has 0 spiro atoms. The molecule has 3 atom stereocenters. The van der Waals surface area contributed by atoms with Crippen molar-refractivity contribution in [1.82, 2.24) is 0 Å². The Bertz CT molecular complexity index is 172. The summed E-state index contributed by atoms with van der Waals surface area (Å²) < 4.78 is 0. The summed E-state index contributed by atoms with van der Waals surface area (Å²) in [5.74, 6) is 1.95. The summed E-state index contributed by atoms with van der Waals surface area (Å²) in [5.41, 5.74) is 0. The fraction of sp³-hybridized carbons (Fsp3) is 0.667. The van der Waals surface area contributed by atoms with Crippen molar-refractivity contribution in [2.75, 3.05) is 0 Å². The van der Waals surface area contributed by atoms with E-state index in [9.17, 15) is 4.79 Å².